The molecule has 0 aliphatic carbocycles. The van der Waals surface area contributed by atoms with Gasteiger partial charge in [0.05, 0.1) is 22.3 Å². The van der Waals surface area contributed by atoms with Crippen LogP contribution < -0.4 is 4.74 Å². The zero-order valence-corrected chi connectivity index (χ0v) is 22.8. The number of oxazole rings is 1. The Labute approximate surface area is 226 Å². The first-order valence-electron chi connectivity index (χ1n) is 12.1. The summed E-state index contributed by atoms with van der Waals surface area (Å²) in [4.78, 5) is 20.6. The van der Waals surface area contributed by atoms with E-state index in [0.717, 1.165) is 0 Å². The van der Waals surface area contributed by atoms with Crippen LogP contribution in [-0.4, -0.2) is 76.5 Å². The van der Waals surface area contributed by atoms with Crippen molar-refractivity contribution in [2.75, 3.05) is 33.5 Å². The second kappa shape index (κ2) is 11.0. The fourth-order valence-corrected chi connectivity index (χ4v) is 5.32. The molecule has 12 heteroatoms. The maximum absolute atomic E-state index is 13.3. The first kappa shape index (κ1) is 27.9. The summed E-state index contributed by atoms with van der Waals surface area (Å²) in [7, 11) is 1.51. The van der Waals surface area contributed by atoms with E-state index < -0.39 is 29.6 Å². The van der Waals surface area contributed by atoms with Gasteiger partial charge in [-0.1, -0.05) is 23.2 Å². The smallest absolute Gasteiger partial charge is 0.410 e. The van der Waals surface area contributed by atoms with Gasteiger partial charge in [-0.3, -0.25) is 4.90 Å². The first-order valence-corrected chi connectivity index (χ1v) is 12.8. The molecular weight excluding hydrogens is 525 g/mol. The van der Waals surface area contributed by atoms with Gasteiger partial charge in [0.15, 0.2) is 12.4 Å². The van der Waals surface area contributed by atoms with Crippen molar-refractivity contribution in [2.24, 2.45) is 5.92 Å². The van der Waals surface area contributed by atoms with E-state index in [1.165, 1.54) is 19.6 Å². The average Bonchev–Trinajstić information content (AvgIpc) is 3.47. The standard InChI is InChI=1S/C25H33Cl2N3O7/c1-24(2,3)37-23(32)30-11-15(10-19(31)29-12-25(33,13-29)22-28-7-8-35-22)9-17(30)20-18(36-14-34-4)6-5-16(26)21(20)27/h5-8,15,17,19,31,33H,9-14H2,1-4H3/t15-,17+,19?/m0/s1. The minimum atomic E-state index is -1.23. The molecule has 37 heavy (non-hydrogen) atoms. The van der Waals surface area contributed by atoms with Crippen LogP contribution in [0.25, 0.3) is 0 Å². The van der Waals surface area contributed by atoms with Crippen molar-refractivity contribution in [3.63, 3.8) is 0 Å². The quantitative estimate of drug-likeness (QED) is 0.461. The SMILES string of the molecule is COCOc1ccc(Cl)c(Cl)c1[C@H]1C[C@@H](CC(O)N2CC(O)(c3ncco3)C2)CN1C(=O)OC(C)(C)C. The molecule has 204 valence electrons. The van der Waals surface area contributed by atoms with Crippen molar-refractivity contribution in [1.82, 2.24) is 14.8 Å². The topological polar surface area (TPSA) is 118 Å². The van der Waals surface area contributed by atoms with Gasteiger partial charge in [0.2, 0.25) is 5.89 Å². The molecule has 1 aromatic carbocycles. The number of aliphatic hydroxyl groups excluding tert-OH is 1. The monoisotopic (exact) mass is 557 g/mol. The minimum absolute atomic E-state index is 0.00530. The summed E-state index contributed by atoms with van der Waals surface area (Å²) >= 11 is 13.0. The van der Waals surface area contributed by atoms with Gasteiger partial charge in [0.25, 0.3) is 0 Å². The molecule has 0 bridgehead atoms. The van der Waals surface area contributed by atoms with Gasteiger partial charge in [0, 0.05) is 32.3 Å². The van der Waals surface area contributed by atoms with E-state index in [1.54, 1.807) is 42.7 Å². The number of halogens is 2. The zero-order valence-electron chi connectivity index (χ0n) is 21.3. The van der Waals surface area contributed by atoms with Crippen molar-refractivity contribution in [3.8, 4) is 5.75 Å². The van der Waals surface area contributed by atoms with Crippen LogP contribution in [0.5, 0.6) is 5.75 Å². The Balaban J connectivity index is 1.53. The number of amides is 1. The number of aliphatic hydroxyl groups is 2. The fourth-order valence-electron chi connectivity index (χ4n) is 4.87. The van der Waals surface area contributed by atoms with Crippen molar-refractivity contribution >= 4 is 29.3 Å². The summed E-state index contributed by atoms with van der Waals surface area (Å²) in [5.41, 5.74) is -1.36. The number of carbonyl (C=O) groups is 1. The number of aromatic nitrogens is 1. The Kier molecular flexibility index (Phi) is 8.27. The van der Waals surface area contributed by atoms with Gasteiger partial charge in [-0.2, -0.15) is 0 Å². The Hall–Kier alpha value is -2.08. The number of ether oxygens (including phenoxy) is 3. The summed E-state index contributed by atoms with van der Waals surface area (Å²) in [5.74, 6) is 0.593. The summed E-state index contributed by atoms with van der Waals surface area (Å²) in [6.07, 6.45) is 2.41. The molecule has 0 radical (unpaired) electrons. The predicted molar refractivity (Wildman–Crippen MR) is 135 cm³/mol. The van der Waals surface area contributed by atoms with Crippen LogP contribution in [0.15, 0.2) is 29.0 Å². The highest BCUT2D eigenvalue weighted by Gasteiger charge is 2.49. The molecule has 1 aromatic heterocycles. The van der Waals surface area contributed by atoms with Crippen molar-refractivity contribution in [3.05, 3.63) is 46.1 Å². The number of hydrogen-bond donors (Lipinski definition) is 2. The van der Waals surface area contributed by atoms with E-state index in [1.807, 2.05) is 0 Å². The number of nitrogens with zero attached hydrogens (tertiary/aromatic N) is 3. The van der Waals surface area contributed by atoms with Gasteiger partial charge in [0.1, 0.15) is 23.8 Å². The van der Waals surface area contributed by atoms with Crippen molar-refractivity contribution in [1.29, 1.82) is 0 Å². The molecule has 10 nitrogen and oxygen atoms in total. The summed E-state index contributed by atoms with van der Waals surface area (Å²) in [5, 5.41) is 22.2. The molecule has 2 aliphatic heterocycles. The third-order valence-corrected chi connectivity index (χ3v) is 7.32. The normalized spacial score (nSPS) is 22.5. The van der Waals surface area contributed by atoms with E-state index in [9.17, 15) is 15.0 Å². The van der Waals surface area contributed by atoms with Crippen LogP contribution in [-0.2, 0) is 15.1 Å². The number of hydrogen-bond acceptors (Lipinski definition) is 9. The molecule has 0 saturated carbocycles. The van der Waals surface area contributed by atoms with Gasteiger partial charge in [-0.05, 0) is 51.7 Å². The number of benzene rings is 1. The summed E-state index contributed by atoms with van der Waals surface area (Å²) < 4.78 is 21.7. The van der Waals surface area contributed by atoms with Gasteiger partial charge in [-0.15, -0.1) is 0 Å². The number of carbonyl (C=O) groups excluding carboxylic acids is 1. The second-order valence-electron chi connectivity index (χ2n) is 10.6. The Morgan fingerprint density at radius 1 is 1.32 bits per heavy atom. The molecular formula is C25H33Cl2N3O7. The molecule has 3 heterocycles. The van der Waals surface area contributed by atoms with Crippen LogP contribution >= 0.6 is 23.2 Å². The number of β-amino-alcohol motifs (C(OH)–C–C–N with tert-alkyl or cyclic N) is 1. The molecule has 0 spiro atoms. The van der Waals surface area contributed by atoms with E-state index in [2.05, 4.69) is 4.98 Å². The lowest BCUT2D eigenvalue weighted by atomic mass is 9.91. The largest absolute Gasteiger partial charge is 0.467 e. The lowest BCUT2D eigenvalue weighted by Crippen LogP contribution is -2.62. The van der Waals surface area contributed by atoms with E-state index in [-0.39, 0.29) is 36.7 Å². The third-order valence-electron chi connectivity index (χ3n) is 6.50. The van der Waals surface area contributed by atoms with E-state index >= 15 is 0 Å². The minimum Gasteiger partial charge on any atom is -0.467 e. The van der Waals surface area contributed by atoms with Crippen LogP contribution in [0, 0.1) is 5.92 Å². The predicted octanol–water partition coefficient (Wildman–Crippen LogP) is 4.17. The average molecular weight is 558 g/mol. The second-order valence-corrected chi connectivity index (χ2v) is 11.3. The molecule has 1 unspecified atom stereocenters. The lowest BCUT2D eigenvalue weighted by molar-refractivity contribution is -0.179. The molecule has 1 amide bonds. The maximum Gasteiger partial charge on any atom is 0.410 e. The zero-order chi connectivity index (χ0) is 27.0. The highest BCUT2D eigenvalue weighted by molar-refractivity contribution is 6.42. The molecule has 2 N–H and O–H groups in total. The van der Waals surface area contributed by atoms with Gasteiger partial charge >= 0.3 is 6.09 Å². The molecule has 2 saturated heterocycles. The fraction of sp³-hybridized carbons (Fsp3) is 0.600. The Bertz CT molecular complexity index is 1090. The number of likely N-dealkylation sites (tertiary alicyclic amines) is 2. The van der Waals surface area contributed by atoms with E-state index in [4.69, 9.17) is 41.8 Å². The van der Waals surface area contributed by atoms with Gasteiger partial charge in [-0.25, -0.2) is 9.78 Å². The molecule has 3 atom stereocenters. The van der Waals surface area contributed by atoms with Crippen molar-refractivity contribution < 1.29 is 33.6 Å². The third kappa shape index (κ3) is 6.16. The summed E-state index contributed by atoms with van der Waals surface area (Å²) in [6.45, 7) is 6.11. The van der Waals surface area contributed by atoms with Crippen LogP contribution in [0.4, 0.5) is 4.79 Å². The highest BCUT2D eigenvalue weighted by Crippen LogP contribution is 2.47. The van der Waals surface area contributed by atoms with Crippen molar-refractivity contribution in [2.45, 2.75) is 57.1 Å². The molecule has 2 fully saturated rings. The maximum atomic E-state index is 13.3. The molecule has 2 aliphatic rings. The van der Waals surface area contributed by atoms with Gasteiger partial charge < -0.3 is 33.7 Å². The number of methoxy groups -OCH3 is 1. The van der Waals surface area contributed by atoms with Crippen LogP contribution in [0.2, 0.25) is 10.0 Å². The first-order chi connectivity index (χ1) is 17.4. The van der Waals surface area contributed by atoms with Crippen LogP contribution in [0.1, 0.15) is 51.1 Å². The summed E-state index contributed by atoms with van der Waals surface area (Å²) in [6, 6.07) is 2.83. The molecule has 4 rings (SSSR count). The Morgan fingerprint density at radius 2 is 2.05 bits per heavy atom. The molecule has 2 aromatic rings. The Morgan fingerprint density at radius 3 is 2.68 bits per heavy atom. The highest BCUT2D eigenvalue weighted by atomic mass is 35.5. The van der Waals surface area contributed by atoms with Crippen LogP contribution in [0.3, 0.4) is 0 Å². The number of rotatable bonds is 8. The van der Waals surface area contributed by atoms with E-state index in [0.29, 0.717) is 35.7 Å². The lowest BCUT2D eigenvalue weighted by Gasteiger charge is -2.46.